The Morgan fingerprint density at radius 2 is 2.06 bits per heavy atom. The van der Waals surface area contributed by atoms with Crippen molar-refractivity contribution in [3.8, 4) is 0 Å². The van der Waals surface area contributed by atoms with Gasteiger partial charge in [0.2, 0.25) is 0 Å². The smallest absolute Gasteiger partial charge is 0.0989 e. The lowest BCUT2D eigenvalue weighted by molar-refractivity contribution is 0.462. The quantitative estimate of drug-likeness (QED) is 0.645. The molecule has 0 aliphatic carbocycles. The summed E-state index contributed by atoms with van der Waals surface area (Å²) in [5.74, 6) is 0. The van der Waals surface area contributed by atoms with Gasteiger partial charge in [-0.15, -0.1) is 0 Å². The zero-order valence-electron chi connectivity index (χ0n) is 8.93. The average Bonchev–Trinajstić information content (AvgIpc) is 2.83. The fraction of sp³-hybridized carbons (Fsp3) is 0.143. The molecule has 4 rings (SSSR count). The van der Waals surface area contributed by atoms with Crippen LogP contribution in [0.4, 0.5) is 0 Å². The largest absolute Gasteiger partial charge is 0.328 e. The molecule has 2 aromatic rings. The van der Waals surface area contributed by atoms with Crippen LogP contribution in [0.2, 0.25) is 0 Å². The topological polar surface area (TPSA) is 8.17 Å². The highest BCUT2D eigenvalue weighted by Gasteiger charge is 2.25. The standard InChI is InChI=1S/C14H12N2/c1-2-6-12-11(5-1)9-16-10-15-8-4-3-7-13(15)14(12)16/h1-2,4-9H,3,10H2. The monoisotopic (exact) mass is 208 g/mol. The molecule has 0 atom stereocenters. The third kappa shape index (κ3) is 0.915. The Morgan fingerprint density at radius 1 is 1.12 bits per heavy atom. The highest BCUT2D eigenvalue weighted by molar-refractivity contribution is 5.94. The van der Waals surface area contributed by atoms with Gasteiger partial charge in [-0.1, -0.05) is 36.4 Å². The first-order valence-corrected chi connectivity index (χ1v) is 5.65. The maximum absolute atomic E-state index is 2.34. The zero-order valence-corrected chi connectivity index (χ0v) is 8.93. The van der Waals surface area contributed by atoms with Gasteiger partial charge in [0.15, 0.2) is 0 Å². The molecule has 1 aromatic heterocycles. The number of nitrogens with zero attached hydrogens (tertiary/aromatic N) is 2. The molecule has 0 unspecified atom stereocenters. The minimum Gasteiger partial charge on any atom is -0.328 e. The Kier molecular flexibility index (Phi) is 1.43. The van der Waals surface area contributed by atoms with Crippen LogP contribution in [0, 0.1) is 0 Å². The van der Waals surface area contributed by atoms with E-state index in [1.807, 2.05) is 0 Å². The van der Waals surface area contributed by atoms with Crippen molar-refractivity contribution in [2.75, 3.05) is 0 Å². The molecule has 1 aromatic carbocycles. The van der Waals surface area contributed by atoms with E-state index < -0.39 is 0 Å². The first kappa shape index (κ1) is 8.22. The normalized spacial score (nSPS) is 17.5. The van der Waals surface area contributed by atoms with Gasteiger partial charge in [-0.05, 0) is 6.42 Å². The Hall–Kier alpha value is -1.96. The Labute approximate surface area is 94.1 Å². The van der Waals surface area contributed by atoms with Crippen LogP contribution in [0.1, 0.15) is 12.1 Å². The van der Waals surface area contributed by atoms with Gasteiger partial charge in [-0.25, -0.2) is 0 Å². The van der Waals surface area contributed by atoms with E-state index >= 15 is 0 Å². The summed E-state index contributed by atoms with van der Waals surface area (Å²) in [6, 6.07) is 8.62. The van der Waals surface area contributed by atoms with Crippen molar-refractivity contribution in [3.05, 3.63) is 54.5 Å². The number of benzene rings is 1. The van der Waals surface area contributed by atoms with Crippen LogP contribution < -0.4 is 0 Å². The number of rotatable bonds is 0. The molecule has 0 bridgehead atoms. The van der Waals surface area contributed by atoms with Crippen LogP contribution >= 0.6 is 0 Å². The first-order chi connectivity index (χ1) is 7.93. The van der Waals surface area contributed by atoms with Crippen molar-refractivity contribution in [1.29, 1.82) is 0 Å². The van der Waals surface area contributed by atoms with Gasteiger partial charge in [-0.2, -0.15) is 0 Å². The second kappa shape index (κ2) is 2.79. The van der Waals surface area contributed by atoms with Crippen LogP contribution in [0.3, 0.4) is 0 Å². The molecule has 0 saturated heterocycles. The Morgan fingerprint density at radius 3 is 3.06 bits per heavy atom. The van der Waals surface area contributed by atoms with E-state index in [1.54, 1.807) is 0 Å². The molecule has 78 valence electrons. The third-order valence-electron chi connectivity index (χ3n) is 3.39. The van der Waals surface area contributed by atoms with Crippen molar-refractivity contribution < 1.29 is 0 Å². The van der Waals surface area contributed by atoms with Crippen molar-refractivity contribution >= 4 is 16.5 Å². The molecule has 2 aliphatic rings. The summed E-state index contributed by atoms with van der Waals surface area (Å²) in [5.41, 5.74) is 2.74. The van der Waals surface area contributed by atoms with E-state index in [4.69, 9.17) is 0 Å². The Bertz CT molecular complexity index is 631. The second-order valence-electron chi connectivity index (χ2n) is 4.36. The summed E-state index contributed by atoms with van der Waals surface area (Å²) in [6.07, 6.45) is 10.0. The van der Waals surface area contributed by atoms with Crippen molar-refractivity contribution in [2.45, 2.75) is 13.1 Å². The lowest BCUT2D eigenvalue weighted by atomic mass is 10.1. The lowest BCUT2D eigenvalue weighted by Gasteiger charge is -2.17. The summed E-state index contributed by atoms with van der Waals surface area (Å²) in [7, 11) is 0. The van der Waals surface area contributed by atoms with E-state index in [0.29, 0.717) is 0 Å². The summed E-state index contributed by atoms with van der Waals surface area (Å²) >= 11 is 0. The number of hydrogen-bond donors (Lipinski definition) is 0. The van der Waals surface area contributed by atoms with Crippen molar-refractivity contribution in [2.24, 2.45) is 0 Å². The molecule has 16 heavy (non-hydrogen) atoms. The summed E-state index contributed by atoms with van der Waals surface area (Å²) in [5, 5.41) is 2.71. The van der Waals surface area contributed by atoms with Gasteiger partial charge < -0.3 is 9.47 Å². The molecule has 2 aliphatic heterocycles. The molecule has 3 heterocycles. The molecule has 2 nitrogen and oxygen atoms in total. The number of hydrogen-bond acceptors (Lipinski definition) is 1. The van der Waals surface area contributed by atoms with Gasteiger partial charge in [0, 0.05) is 23.2 Å². The molecule has 0 saturated carbocycles. The van der Waals surface area contributed by atoms with E-state index in [1.165, 1.54) is 22.2 Å². The van der Waals surface area contributed by atoms with Crippen molar-refractivity contribution in [3.63, 3.8) is 0 Å². The van der Waals surface area contributed by atoms with Crippen LogP contribution in [-0.2, 0) is 6.67 Å². The molecule has 0 amide bonds. The fourth-order valence-corrected chi connectivity index (χ4v) is 2.69. The van der Waals surface area contributed by atoms with Gasteiger partial charge in [0.1, 0.15) is 0 Å². The van der Waals surface area contributed by atoms with Gasteiger partial charge in [-0.3, -0.25) is 0 Å². The molecule has 0 radical (unpaired) electrons. The average molecular weight is 208 g/mol. The SMILES string of the molecule is C1=CN2Cn3cc4ccccc4c3C2=CC1. The molecule has 2 heteroatoms. The van der Waals surface area contributed by atoms with E-state index in [9.17, 15) is 0 Å². The molecular formula is C14H12N2. The second-order valence-corrected chi connectivity index (χ2v) is 4.36. The van der Waals surface area contributed by atoms with Crippen LogP contribution in [0.25, 0.3) is 16.5 Å². The highest BCUT2D eigenvalue weighted by Crippen LogP contribution is 2.36. The maximum atomic E-state index is 2.34. The number of allylic oxidation sites excluding steroid dienone is 2. The van der Waals surface area contributed by atoms with E-state index in [-0.39, 0.29) is 0 Å². The van der Waals surface area contributed by atoms with Crippen LogP contribution in [-0.4, -0.2) is 9.47 Å². The number of fused-ring (bicyclic) bond motifs is 5. The highest BCUT2D eigenvalue weighted by atomic mass is 15.3. The third-order valence-corrected chi connectivity index (χ3v) is 3.39. The van der Waals surface area contributed by atoms with Crippen LogP contribution in [0.5, 0.6) is 0 Å². The predicted octanol–water partition coefficient (Wildman–Crippen LogP) is 3.17. The van der Waals surface area contributed by atoms with E-state index in [2.05, 4.69) is 58.3 Å². The first-order valence-electron chi connectivity index (χ1n) is 5.65. The maximum Gasteiger partial charge on any atom is 0.0989 e. The van der Waals surface area contributed by atoms with Crippen molar-refractivity contribution in [1.82, 2.24) is 9.47 Å². The molecular weight excluding hydrogens is 196 g/mol. The minimum atomic E-state index is 0.951. The molecule has 0 fully saturated rings. The van der Waals surface area contributed by atoms with Crippen LogP contribution in [0.15, 0.2) is 48.8 Å². The fourth-order valence-electron chi connectivity index (χ4n) is 2.69. The van der Waals surface area contributed by atoms with Gasteiger partial charge in [0.25, 0.3) is 0 Å². The Balaban J connectivity index is 2.04. The molecule has 0 N–H and O–H groups in total. The zero-order chi connectivity index (χ0) is 10.5. The lowest BCUT2D eigenvalue weighted by Crippen LogP contribution is -2.10. The summed E-state index contributed by atoms with van der Waals surface area (Å²) < 4.78 is 2.34. The summed E-state index contributed by atoms with van der Waals surface area (Å²) in [6.45, 7) is 0.951. The van der Waals surface area contributed by atoms with Gasteiger partial charge >= 0.3 is 0 Å². The summed E-state index contributed by atoms with van der Waals surface area (Å²) in [4.78, 5) is 2.31. The predicted molar refractivity (Wildman–Crippen MR) is 65.5 cm³/mol. The molecule has 0 spiro atoms. The van der Waals surface area contributed by atoms with E-state index in [0.717, 1.165) is 13.1 Å². The number of aromatic nitrogens is 1. The van der Waals surface area contributed by atoms with Gasteiger partial charge in [0.05, 0.1) is 18.1 Å². The minimum absolute atomic E-state index is 0.951.